The fourth-order valence-corrected chi connectivity index (χ4v) is 3.13. The van der Waals surface area contributed by atoms with Crippen LogP contribution in [0.25, 0.3) is 0 Å². The van der Waals surface area contributed by atoms with Crippen molar-refractivity contribution in [2.75, 3.05) is 31.5 Å². The van der Waals surface area contributed by atoms with Gasteiger partial charge >= 0.3 is 0 Å². The minimum Gasteiger partial charge on any atom is -0.459 e. The Morgan fingerprint density at radius 1 is 0.897 bits per heavy atom. The Balaban J connectivity index is 1.34. The van der Waals surface area contributed by atoms with E-state index in [1.165, 1.54) is 11.8 Å². The van der Waals surface area contributed by atoms with Gasteiger partial charge in [-0.25, -0.2) is 0 Å². The Hall–Kier alpha value is -3.68. The molecule has 1 fully saturated rings. The Kier molecular flexibility index (Phi) is 5.24. The van der Waals surface area contributed by atoms with E-state index in [1.807, 2.05) is 31.2 Å². The molecule has 8 heteroatoms. The highest BCUT2D eigenvalue weighted by atomic mass is 16.3. The first-order valence-electron chi connectivity index (χ1n) is 9.39. The third-order valence-corrected chi connectivity index (χ3v) is 4.79. The predicted molar refractivity (Wildman–Crippen MR) is 107 cm³/mol. The number of carbonyl (C=O) groups is 2. The molecule has 2 amide bonds. The van der Waals surface area contributed by atoms with Crippen molar-refractivity contribution in [3.05, 3.63) is 71.8 Å². The molecule has 0 atom stereocenters. The Morgan fingerprint density at radius 3 is 2.17 bits per heavy atom. The standard InChI is InChI=1S/C21H21N5O3/c1-15-4-6-16(7-5-15)22-19-9-8-17(23-24-19)20(27)25-10-12-26(13-11-25)21(28)18-3-2-14-29-18/h2-9,14H,10-13H2,1H3,(H,22,24). The lowest BCUT2D eigenvalue weighted by atomic mass is 10.2. The van der Waals surface area contributed by atoms with Gasteiger partial charge in [0, 0.05) is 31.9 Å². The highest BCUT2D eigenvalue weighted by Gasteiger charge is 2.27. The second-order valence-corrected chi connectivity index (χ2v) is 6.86. The third kappa shape index (κ3) is 4.26. The number of benzene rings is 1. The number of hydrogen-bond donors (Lipinski definition) is 1. The van der Waals surface area contributed by atoms with E-state index in [0.29, 0.717) is 37.8 Å². The van der Waals surface area contributed by atoms with Crippen LogP contribution in [0.5, 0.6) is 0 Å². The molecule has 0 bridgehead atoms. The van der Waals surface area contributed by atoms with Crippen LogP contribution >= 0.6 is 0 Å². The quantitative estimate of drug-likeness (QED) is 0.735. The fourth-order valence-electron chi connectivity index (χ4n) is 3.13. The summed E-state index contributed by atoms with van der Waals surface area (Å²) in [5, 5.41) is 11.3. The molecular formula is C21H21N5O3. The van der Waals surface area contributed by atoms with Crippen molar-refractivity contribution in [1.82, 2.24) is 20.0 Å². The van der Waals surface area contributed by atoms with Gasteiger partial charge in [0.25, 0.3) is 11.8 Å². The van der Waals surface area contributed by atoms with Crippen LogP contribution in [-0.2, 0) is 0 Å². The monoisotopic (exact) mass is 391 g/mol. The van der Waals surface area contributed by atoms with Crippen LogP contribution in [0.4, 0.5) is 11.5 Å². The fraction of sp³-hybridized carbons (Fsp3) is 0.238. The molecule has 1 saturated heterocycles. The van der Waals surface area contributed by atoms with Gasteiger partial charge in [-0.05, 0) is 43.3 Å². The number of piperazine rings is 1. The molecule has 3 heterocycles. The summed E-state index contributed by atoms with van der Waals surface area (Å²) in [4.78, 5) is 28.4. The molecule has 0 unspecified atom stereocenters. The summed E-state index contributed by atoms with van der Waals surface area (Å²) in [6, 6.07) is 14.6. The maximum Gasteiger partial charge on any atom is 0.289 e. The summed E-state index contributed by atoms with van der Waals surface area (Å²) in [5.41, 5.74) is 2.36. The largest absolute Gasteiger partial charge is 0.459 e. The van der Waals surface area contributed by atoms with E-state index in [1.54, 1.807) is 34.1 Å². The van der Waals surface area contributed by atoms with Crippen LogP contribution in [0.2, 0.25) is 0 Å². The number of aromatic nitrogens is 2. The van der Waals surface area contributed by atoms with Gasteiger partial charge in [-0.15, -0.1) is 10.2 Å². The molecule has 0 aliphatic carbocycles. The summed E-state index contributed by atoms with van der Waals surface area (Å²) >= 11 is 0. The first-order chi connectivity index (χ1) is 14.1. The first-order valence-corrected chi connectivity index (χ1v) is 9.39. The smallest absolute Gasteiger partial charge is 0.289 e. The molecule has 0 radical (unpaired) electrons. The summed E-state index contributed by atoms with van der Waals surface area (Å²) in [5.74, 6) is 0.532. The Bertz CT molecular complexity index is 976. The van der Waals surface area contributed by atoms with E-state index in [9.17, 15) is 9.59 Å². The maximum atomic E-state index is 12.7. The highest BCUT2D eigenvalue weighted by molar-refractivity contribution is 5.93. The second kappa shape index (κ2) is 8.14. The lowest BCUT2D eigenvalue weighted by Gasteiger charge is -2.34. The van der Waals surface area contributed by atoms with E-state index >= 15 is 0 Å². The zero-order chi connectivity index (χ0) is 20.2. The van der Waals surface area contributed by atoms with E-state index in [-0.39, 0.29) is 17.5 Å². The minimum absolute atomic E-state index is 0.159. The molecule has 29 heavy (non-hydrogen) atoms. The van der Waals surface area contributed by atoms with Crippen molar-refractivity contribution in [2.45, 2.75) is 6.92 Å². The lowest BCUT2D eigenvalue weighted by molar-refractivity contribution is 0.0514. The van der Waals surface area contributed by atoms with Crippen LogP contribution in [0.3, 0.4) is 0 Å². The third-order valence-electron chi connectivity index (χ3n) is 4.79. The summed E-state index contributed by atoms with van der Waals surface area (Å²) in [6.45, 7) is 3.81. The van der Waals surface area contributed by atoms with Crippen molar-refractivity contribution >= 4 is 23.3 Å². The summed E-state index contributed by atoms with van der Waals surface area (Å²) < 4.78 is 5.16. The van der Waals surface area contributed by atoms with Gasteiger partial charge in [0.15, 0.2) is 17.3 Å². The summed E-state index contributed by atoms with van der Waals surface area (Å²) in [7, 11) is 0. The molecule has 148 valence electrons. The Labute approximate surface area is 168 Å². The number of nitrogens with zero attached hydrogens (tertiary/aromatic N) is 4. The molecule has 1 aromatic carbocycles. The van der Waals surface area contributed by atoms with Crippen LogP contribution < -0.4 is 5.32 Å². The average molecular weight is 391 g/mol. The highest BCUT2D eigenvalue weighted by Crippen LogP contribution is 2.16. The van der Waals surface area contributed by atoms with E-state index in [4.69, 9.17) is 4.42 Å². The van der Waals surface area contributed by atoms with E-state index in [0.717, 1.165) is 5.69 Å². The van der Waals surface area contributed by atoms with Gasteiger partial charge in [0.1, 0.15) is 0 Å². The Morgan fingerprint density at radius 2 is 1.59 bits per heavy atom. The van der Waals surface area contributed by atoms with E-state index in [2.05, 4.69) is 15.5 Å². The zero-order valence-corrected chi connectivity index (χ0v) is 16.0. The first kappa shape index (κ1) is 18.7. The minimum atomic E-state index is -0.190. The number of rotatable bonds is 4. The van der Waals surface area contributed by atoms with E-state index < -0.39 is 0 Å². The molecule has 2 aromatic heterocycles. The summed E-state index contributed by atoms with van der Waals surface area (Å²) in [6.07, 6.45) is 1.48. The molecule has 1 N–H and O–H groups in total. The van der Waals surface area contributed by atoms with Gasteiger partial charge < -0.3 is 19.5 Å². The van der Waals surface area contributed by atoms with Gasteiger partial charge in [0.05, 0.1) is 6.26 Å². The van der Waals surface area contributed by atoms with Crippen LogP contribution in [0, 0.1) is 6.92 Å². The molecule has 1 aliphatic heterocycles. The molecule has 1 aliphatic rings. The normalized spacial score (nSPS) is 14.0. The number of carbonyl (C=O) groups excluding carboxylic acids is 2. The molecule has 0 saturated carbocycles. The number of furan rings is 1. The molecule has 4 rings (SSSR count). The average Bonchev–Trinajstić information content (AvgIpc) is 3.30. The topological polar surface area (TPSA) is 91.6 Å². The van der Waals surface area contributed by atoms with Gasteiger partial charge in [-0.1, -0.05) is 17.7 Å². The molecular weight excluding hydrogens is 370 g/mol. The van der Waals surface area contributed by atoms with Crippen LogP contribution in [-0.4, -0.2) is 58.0 Å². The lowest BCUT2D eigenvalue weighted by Crippen LogP contribution is -2.50. The van der Waals surface area contributed by atoms with Crippen molar-refractivity contribution < 1.29 is 14.0 Å². The SMILES string of the molecule is Cc1ccc(Nc2ccc(C(=O)N3CCN(C(=O)c4ccco4)CC3)nn2)cc1. The number of hydrogen-bond acceptors (Lipinski definition) is 6. The molecule has 0 spiro atoms. The van der Waals surface area contributed by atoms with Crippen molar-refractivity contribution in [2.24, 2.45) is 0 Å². The zero-order valence-electron chi connectivity index (χ0n) is 16.0. The number of nitrogens with one attached hydrogen (secondary N) is 1. The van der Waals surface area contributed by atoms with Crippen molar-refractivity contribution in [3.63, 3.8) is 0 Å². The molecule has 8 nitrogen and oxygen atoms in total. The maximum absolute atomic E-state index is 12.7. The van der Waals surface area contributed by atoms with Crippen molar-refractivity contribution in [3.8, 4) is 0 Å². The van der Waals surface area contributed by atoms with Crippen LogP contribution in [0.15, 0.2) is 59.2 Å². The van der Waals surface area contributed by atoms with Crippen molar-refractivity contribution in [1.29, 1.82) is 0 Å². The predicted octanol–water partition coefficient (Wildman–Crippen LogP) is 2.72. The van der Waals surface area contributed by atoms with Gasteiger partial charge in [-0.2, -0.15) is 0 Å². The van der Waals surface area contributed by atoms with Gasteiger partial charge in [0.2, 0.25) is 0 Å². The molecule has 3 aromatic rings. The van der Waals surface area contributed by atoms with Crippen LogP contribution in [0.1, 0.15) is 26.6 Å². The second-order valence-electron chi connectivity index (χ2n) is 6.86. The number of amides is 2. The van der Waals surface area contributed by atoms with Gasteiger partial charge in [-0.3, -0.25) is 9.59 Å². The number of anilines is 2. The number of aryl methyl sites for hydroxylation is 1.